The molecule has 15 heavy (non-hydrogen) atoms. The molecule has 0 radical (unpaired) electrons. The maximum atomic E-state index is 11.5. The van der Waals surface area contributed by atoms with Gasteiger partial charge in [-0.3, -0.25) is 4.79 Å². The van der Waals surface area contributed by atoms with Gasteiger partial charge in [0.25, 0.3) is 5.91 Å². The molecular formula is C9H15N3OS2. The third-order valence-electron chi connectivity index (χ3n) is 1.99. The lowest BCUT2D eigenvalue weighted by Gasteiger charge is -2.07. The Morgan fingerprint density at radius 3 is 3.07 bits per heavy atom. The Labute approximate surface area is 97.7 Å². The van der Waals surface area contributed by atoms with Gasteiger partial charge in [-0.25, -0.2) is 4.98 Å². The largest absolute Gasteiger partial charge is 0.375 e. The number of amides is 1. The van der Waals surface area contributed by atoms with E-state index < -0.39 is 0 Å². The standard InChI is InChI=1S/C9H15N3OS2/c1-6(14-2)3-4-11-8(13)7-5-15-9(10)12-7/h5-6H,3-4H2,1-2H3,(H2,10,12)(H,11,13). The molecule has 0 fully saturated rings. The molecule has 1 aromatic heterocycles. The van der Waals surface area contributed by atoms with E-state index in [0.29, 0.717) is 22.6 Å². The Kier molecular flexibility index (Phi) is 4.90. The summed E-state index contributed by atoms with van der Waals surface area (Å²) >= 11 is 3.07. The van der Waals surface area contributed by atoms with Gasteiger partial charge in [0.2, 0.25) is 0 Å². The average molecular weight is 245 g/mol. The molecule has 0 aliphatic heterocycles. The molecule has 1 heterocycles. The molecule has 0 spiro atoms. The lowest BCUT2D eigenvalue weighted by Crippen LogP contribution is -2.26. The predicted molar refractivity (Wildman–Crippen MR) is 66.5 cm³/mol. The van der Waals surface area contributed by atoms with Crippen LogP contribution in [-0.2, 0) is 0 Å². The van der Waals surface area contributed by atoms with E-state index in [-0.39, 0.29) is 5.91 Å². The van der Waals surface area contributed by atoms with Crippen molar-refractivity contribution >= 4 is 34.1 Å². The molecule has 0 saturated carbocycles. The number of nitrogens with one attached hydrogen (secondary N) is 1. The number of carbonyl (C=O) groups excluding carboxylic acids is 1. The normalized spacial score (nSPS) is 12.4. The van der Waals surface area contributed by atoms with Crippen LogP contribution in [0.2, 0.25) is 0 Å². The molecule has 1 rings (SSSR count). The van der Waals surface area contributed by atoms with Gasteiger partial charge in [-0.05, 0) is 12.7 Å². The van der Waals surface area contributed by atoms with Crippen molar-refractivity contribution in [3.05, 3.63) is 11.1 Å². The zero-order chi connectivity index (χ0) is 11.3. The Bertz CT molecular complexity index is 327. The number of hydrogen-bond donors (Lipinski definition) is 2. The van der Waals surface area contributed by atoms with E-state index in [4.69, 9.17) is 5.73 Å². The zero-order valence-electron chi connectivity index (χ0n) is 8.82. The Balaban J connectivity index is 2.31. The summed E-state index contributed by atoms with van der Waals surface area (Å²) in [7, 11) is 0. The van der Waals surface area contributed by atoms with Gasteiger partial charge in [0.05, 0.1) is 0 Å². The number of thioether (sulfide) groups is 1. The first-order valence-electron chi connectivity index (χ1n) is 4.65. The molecule has 0 bridgehead atoms. The fourth-order valence-corrected chi connectivity index (χ4v) is 1.89. The summed E-state index contributed by atoms with van der Waals surface area (Å²) in [5.74, 6) is -0.142. The van der Waals surface area contributed by atoms with E-state index in [2.05, 4.69) is 23.5 Å². The Morgan fingerprint density at radius 1 is 1.80 bits per heavy atom. The number of rotatable bonds is 5. The van der Waals surface area contributed by atoms with Crippen LogP contribution in [0.4, 0.5) is 5.13 Å². The molecule has 84 valence electrons. The van der Waals surface area contributed by atoms with Gasteiger partial charge in [0, 0.05) is 17.2 Å². The topological polar surface area (TPSA) is 68.0 Å². The second-order valence-electron chi connectivity index (χ2n) is 3.16. The molecule has 0 saturated heterocycles. The Morgan fingerprint density at radius 2 is 2.53 bits per heavy atom. The number of aromatic nitrogens is 1. The lowest BCUT2D eigenvalue weighted by atomic mass is 10.3. The highest BCUT2D eigenvalue weighted by molar-refractivity contribution is 7.99. The van der Waals surface area contributed by atoms with Gasteiger partial charge in [-0.1, -0.05) is 6.92 Å². The van der Waals surface area contributed by atoms with E-state index in [0.717, 1.165) is 6.42 Å². The second kappa shape index (κ2) is 5.97. The molecular weight excluding hydrogens is 230 g/mol. The lowest BCUT2D eigenvalue weighted by molar-refractivity contribution is 0.0949. The Hall–Kier alpha value is -0.750. The summed E-state index contributed by atoms with van der Waals surface area (Å²) in [4.78, 5) is 15.4. The number of carbonyl (C=O) groups is 1. The van der Waals surface area contributed by atoms with E-state index >= 15 is 0 Å². The summed E-state index contributed by atoms with van der Waals surface area (Å²) in [5.41, 5.74) is 5.85. The molecule has 0 aliphatic carbocycles. The monoisotopic (exact) mass is 245 g/mol. The van der Waals surface area contributed by atoms with Crippen molar-refractivity contribution in [1.29, 1.82) is 0 Å². The van der Waals surface area contributed by atoms with Crippen molar-refractivity contribution < 1.29 is 4.79 Å². The van der Waals surface area contributed by atoms with Crippen molar-refractivity contribution in [2.45, 2.75) is 18.6 Å². The second-order valence-corrected chi connectivity index (χ2v) is 5.33. The van der Waals surface area contributed by atoms with Crippen molar-refractivity contribution in [2.24, 2.45) is 0 Å². The summed E-state index contributed by atoms with van der Waals surface area (Å²) in [6.07, 6.45) is 3.03. The quantitative estimate of drug-likeness (QED) is 0.826. The average Bonchev–Trinajstić information content (AvgIpc) is 2.64. The number of hydrogen-bond acceptors (Lipinski definition) is 5. The fraction of sp³-hybridized carbons (Fsp3) is 0.556. The third-order valence-corrected chi connectivity index (χ3v) is 3.71. The smallest absolute Gasteiger partial charge is 0.270 e. The SMILES string of the molecule is CSC(C)CCNC(=O)c1csc(N)n1. The van der Waals surface area contributed by atoms with Crippen LogP contribution in [0.25, 0.3) is 0 Å². The number of nitrogen functional groups attached to an aromatic ring is 1. The van der Waals surface area contributed by atoms with Gasteiger partial charge < -0.3 is 11.1 Å². The molecule has 1 aromatic rings. The summed E-state index contributed by atoms with van der Waals surface area (Å²) in [6, 6.07) is 0. The molecule has 6 heteroatoms. The zero-order valence-corrected chi connectivity index (χ0v) is 10.5. The maximum Gasteiger partial charge on any atom is 0.270 e. The molecule has 1 unspecified atom stereocenters. The molecule has 3 N–H and O–H groups in total. The van der Waals surface area contributed by atoms with Crippen LogP contribution >= 0.6 is 23.1 Å². The van der Waals surface area contributed by atoms with E-state index in [1.54, 1.807) is 17.1 Å². The van der Waals surface area contributed by atoms with Crippen LogP contribution in [0.5, 0.6) is 0 Å². The van der Waals surface area contributed by atoms with Gasteiger partial charge >= 0.3 is 0 Å². The summed E-state index contributed by atoms with van der Waals surface area (Å²) < 4.78 is 0. The first-order valence-corrected chi connectivity index (χ1v) is 6.82. The highest BCUT2D eigenvalue weighted by Gasteiger charge is 2.09. The summed E-state index contributed by atoms with van der Waals surface area (Å²) in [6.45, 7) is 2.82. The minimum absolute atomic E-state index is 0.142. The molecule has 0 aliphatic rings. The van der Waals surface area contributed by atoms with E-state index in [1.165, 1.54) is 11.3 Å². The van der Waals surface area contributed by atoms with E-state index in [1.807, 2.05) is 0 Å². The fourth-order valence-electron chi connectivity index (χ4n) is 0.989. The first-order chi connectivity index (χ1) is 7.13. The van der Waals surface area contributed by atoms with Crippen LogP contribution in [-0.4, -0.2) is 28.9 Å². The van der Waals surface area contributed by atoms with Crippen molar-refractivity contribution in [3.8, 4) is 0 Å². The third kappa shape index (κ3) is 4.09. The van der Waals surface area contributed by atoms with Crippen molar-refractivity contribution in [1.82, 2.24) is 10.3 Å². The van der Waals surface area contributed by atoms with Crippen LogP contribution < -0.4 is 11.1 Å². The summed E-state index contributed by atoms with van der Waals surface area (Å²) in [5, 5.41) is 5.47. The maximum absolute atomic E-state index is 11.5. The van der Waals surface area contributed by atoms with Gasteiger partial charge in [-0.2, -0.15) is 11.8 Å². The van der Waals surface area contributed by atoms with Crippen molar-refractivity contribution in [3.63, 3.8) is 0 Å². The number of nitrogens with zero attached hydrogens (tertiary/aromatic N) is 1. The van der Waals surface area contributed by atoms with Crippen LogP contribution in [0.15, 0.2) is 5.38 Å². The minimum atomic E-state index is -0.142. The highest BCUT2D eigenvalue weighted by atomic mass is 32.2. The molecule has 4 nitrogen and oxygen atoms in total. The first kappa shape index (κ1) is 12.3. The van der Waals surface area contributed by atoms with Crippen LogP contribution in [0, 0.1) is 0 Å². The number of anilines is 1. The number of nitrogens with two attached hydrogens (primary N) is 1. The van der Waals surface area contributed by atoms with Gasteiger partial charge in [0.15, 0.2) is 5.13 Å². The number of thiazole rings is 1. The van der Waals surface area contributed by atoms with Crippen LogP contribution in [0.1, 0.15) is 23.8 Å². The van der Waals surface area contributed by atoms with Crippen LogP contribution in [0.3, 0.4) is 0 Å². The highest BCUT2D eigenvalue weighted by Crippen LogP contribution is 2.11. The molecule has 1 atom stereocenters. The molecule has 1 amide bonds. The molecule has 0 aromatic carbocycles. The van der Waals surface area contributed by atoms with Gasteiger partial charge in [-0.15, -0.1) is 11.3 Å². The van der Waals surface area contributed by atoms with Crippen molar-refractivity contribution in [2.75, 3.05) is 18.5 Å². The van der Waals surface area contributed by atoms with E-state index in [9.17, 15) is 4.79 Å². The van der Waals surface area contributed by atoms with Gasteiger partial charge in [0.1, 0.15) is 5.69 Å². The minimum Gasteiger partial charge on any atom is -0.375 e. The predicted octanol–water partition coefficient (Wildman–Crippen LogP) is 1.60.